The summed E-state index contributed by atoms with van der Waals surface area (Å²) >= 11 is 1.58. The Balaban J connectivity index is 1.91. The number of benzene rings is 1. The van der Waals surface area contributed by atoms with Gasteiger partial charge >= 0.3 is 0 Å². The van der Waals surface area contributed by atoms with Gasteiger partial charge in [-0.3, -0.25) is 0 Å². The fourth-order valence-electron chi connectivity index (χ4n) is 1.61. The molecule has 0 atom stereocenters. The van der Waals surface area contributed by atoms with Gasteiger partial charge in [0.2, 0.25) is 0 Å². The molecule has 0 unspecified atom stereocenters. The van der Waals surface area contributed by atoms with Crippen molar-refractivity contribution in [1.29, 1.82) is 5.26 Å². The quantitative estimate of drug-likeness (QED) is 0.878. The molecule has 0 bridgehead atoms. The molecular formula is C16H13NO2S. The third-order valence-electron chi connectivity index (χ3n) is 2.55. The molecule has 1 heterocycles. The summed E-state index contributed by atoms with van der Waals surface area (Å²) in [6.45, 7) is 0.361. The maximum absolute atomic E-state index is 8.63. The minimum atomic E-state index is -0.128. The van der Waals surface area contributed by atoms with Gasteiger partial charge in [0, 0.05) is 15.8 Å². The molecule has 1 aromatic carbocycles. The maximum Gasteiger partial charge on any atom is 0.122 e. The van der Waals surface area contributed by atoms with Crippen LogP contribution in [0.15, 0.2) is 35.7 Å². The Kier molecular flexibility index (Phi) is 5.20. The third kappa shape index (κ3) is 4.13. The van der Waals surface area contributed by atoms with Crippen LogP contribution in [0.4, 0.5) is 0 Å². The van der Waals surface area contributed by atoms with E-state index in [1.165, 1.54) is 0 Å². The molecule has 3 nitrogen and oxygen atoms in total. The van der Waals surface area contributed by atoms with Crippen molar-refractivity contribution in [3.63, 3.8) is 0 Å². The Bertz CT molecular complexity index is 656. The molecule has 0 amide bonds. The van der Waals surface area contributed by atoms with Crippen LogP contribution in [0.1, 0.15) is 16.0 Å². The molecule has 4 heteroatoms. The monoisotopic (exact) mass is 283 g/mol. The lowest BCUT2D eigenvalue weighted by molar-refractivity contribution is 0.310. The van der Waals surface area contributed by atoms with Crippen LogP contribution < -0.4 is 4.74 Å². The molecule has 1 N–H and O–H groups in total. The number of aliphatic hydroxyl groups excluding tert-OH is 1. The Labute approximate surface area is 122 Å². The minimum absolute atomic E-state index is 0.128. The maximum atomic E-state index is 8.63. The second kappa shape index (κ2) is 7.35. The second-order valence-electron chi connectivity index (χ2n) is 4.03. The molecule has 1 aromatic heterocycles. The molecule has 100 valence electrons. The van der Waals surface area contributed by atoms with Crippen molar-refractivity contribution in [3.05, 3.63) is 51.7 Å². The first-order valence-corrected chi connectivity index (χ1v) is 6.95. The second-order valence-corrected chi connectivity index (χ2v) is 5.02. The average molecular weight is 283 g/mol. The Morgan fingerprint density at radius 1 is 1.25 bits per heavy atom. The molecule has 0 spiro atoms. The van der Waals surface area contributed by atoms with Gasteiger partial charge in [0.25, 0.3) is 0 Å². The number of nitrogens with zero attached hydrogens (tertiary/aromatic N) is 1. The van der Waals surface area contributed by atoms with Gasteiger partial charge in [0.15, 0.2) is 0 Å². The average Bonchev–Trinajstić information content (AvgIpc) is 2.93. The molecule has 0 saturated heterocycles. The SMILES string of the molecule is N#CCc1ccc(OCc2cc(C#CCO)cs2)cc1. The summed E-state index contributed by atoms with van der Waals surface area (Å²) in [7, 11) is 0. The fraction of sp³-hybridized carbons (Fsp3) is 0.188. The number of nitriles is 1. The highest BCUT2D eigenvalue weighted by atomic mass is 32.1. The van der Waals surface area contributed by atoms with E-state index >= 15 is 0 Å². The summed E-state index contributed by atoms with van der Waals surface area (Å²) in [5.41, 5.74) is 1.88. The Morgan fingerprint density at radius 3 is 2.75 bits per heavy atom. The van der Waals surface area contributed by atoms with E-state index in [1.54, 1.807) is 11.3 Å². The van der Waals surface area contributed by atoms with Crippen molar-refractivity contribution < 1.29 is 9.84 Å². The summed E-state index contributed by atoms with van der Waals surface area (Å²) in [5, 5.41) is 19.2. The molecular weight excluding hydrogens is 270 g/mol. The van der Waals surface area contributed by atoms with E-state index in [-0.39, 0.29) is 6.61 Å². The highest BCUT2D eigenvalue weighted by Gasteiger charge is 2.00. The lowest BCUT2D eigenvalue weighted by Crippen LogP contribution is -1.93. The summed E-state index contributed by atoms with van der Waals surface area (Å²) in [6, 6.07) is 11.6. The first kappa shape index (κ1) is 14.1. The molecule has 20 heavy (non-hydrogen) atoms. The number of hydrogen-bond acceptors (Lipinski definition) is 4. The third-order valence-corrected chi connectivity index (χ3v) is 3.46. The van der Waals surface area contributed by atoms with Gasteiger partial charge in [-0.25, -0.2) is 0 Å². The van der Waals surface area contributed by atoms with Crippen LogP contribution in [-0.2, 0) is 13.0 Å². The summed E-state index contributed by atoms with van der Waals surface area (Å²) in [5.74, 6) is 6.25. The van der Waals surface area contributed by atoms with Crippen LogP contribution in [0.3, 0.4) is 0 Å². The summed E-state index contributed by atoms with van der Waals surface area (Å²) in [6.07, 6.45) is 0.415. The Hall–Kier alpha value is -2.27. The van der Waals surface area contributed by atoms with Gasteiger partial charge in [0.05, 0.1) is 12.5 Å². The van der Waals surface area contributed by atoms with Crippen LogP contribution in [0.25, 0.3) is 0 Å². The first-order valence-electron chi connectivity index (χ1n) is 6.07. The van der Waals surface area contributed by atoms with E-state index < -0.39 is 0 Å². The van der Waals surface area contributed by atoms with E-state index in [2.05, 4.69) is 17.9 Å². The molecule has 0 aliphatic rings. The highest BCUT2D eigenvalue weighted by Crippen LogP contribution is 2.18. The minimum Gasteiger partial charge on any atom is -0.488 e. The van der Waals surface area contributed by atoms with Crippen LogP contribution >= 0.6 is 11.3 Å². The van der Waals surface area contributed by atoms with Crippen molar-refractivity contribution in [2.75, 3.05) is 6.61 Å². The topological polar surface area (TPSA) is 53.2 Å². The molecule has 0 saturated carbocycles. The van der Waals surface area contributed by atoms with Gasteiger partial charge in [-0.05, 0) is 23.8 Å². The van der Waals surface area contributed by atoms with Gasteiger partial charge in [-0.1, -0.05) is 24.0 Å². The molecule has 0 aliphatic carbocycles. The van der Waals surface area contributed by atoms with Crippen molar-refractivity contribution >= 4 is 11.3 Å². The molecule has 0 radical (unpaired) electrons. The van der Waals surface area contributed by atoms with Gasteiger partial charge < -0.3 is 9.84 Å². The highest BCUT2D eigenvalue weighted by molar-refractivity contribution is 7.10. The van der Waals surface area contributed by atoms with E-state index in [0.717, 1.165) is 21.8 Å². The normalized spacial score (nSPS) is 9.40. The largest absolute Gasteiger partial charge is 0.488 e. The zero-order valence-electron chi connectivity index (χ0n) is 10.8. The predicted molar refractivity (Wildman–Crippen MR) is 78.4 cm³/mol. The summed E-state index contributed by atoms with van der Waals surface area (Å²) in [4.78, 5) is 1.08. The van der Waals surface area contributed by atoms with Gasteiger partial charge in [0.1, 0.15) is 19.0 Å². The van der Waals surface area contributed by atoms with Gasteiger partial charge in [-0.2, -0.15) is 5.26 Å². The number of aliphatic hydroxyl groups is 1. The van der Waals surface area contributed by atoms with Crippen molar-refractivity contribution in [3.8, 4) is 23.7 Å². The number of ether oxygens (including phenoxy) is 1. The summed E-state index contributed by atoms with van der Waals surface area (Å²) < 4.78 is 5.67. The van der Waals surface area contributed by atoms with Crippen molar-refractivity contribution in [1.82, 2.24) is 0 Å². The van der Waals surface area contributed by atoms with E-state index in [9.17, 15) is 0 Å². The predicted octanol–water partition coefficient (Wildman–Crippen LogP) is 2.74. The molecule has 2 rings (SSSR count). The van der Waals surface area contributed by atoms with Crippen LogP contribution in [-0.4, -0.2) is 11.7 Å². The van der Waals surface area contributed by atoms with Crippen LogP contribution in [0.5, 0.6) is 5.75 Å². The van der Waals surface area contributed by atoms with Gasteiger partial charge in [-0.15, -0.1) is 11.3 Å². The van der Waals surface area contributed by atoms with Crippen LogP contribution in [0, 0.1) is 23.2 Å². The molecule has 2 aromatic rings. The van der Waals surface area contributed by atoms with E-state index in [1.807, 2.05) is 35.7 Å². The fourth-order valence-corrected chi connectivity index (χ4v) is 2.34. The molecule has 0 aliphatic heterocycles. The smallest absolute Gasteiger partial charge is 0.122 e. The Morgan fingerprint density at radius 2 is 2.05 bits per heavy atom. The van der Waals surface area contributed by atoms with Crippen molar-refractivity contribution in [2.45, 2.75) is 13.0 Å². The van der Waals surface area contributed by atoms with E-state index in [0.29, 0.717) is 13.0 Å². The first-order chi connectivity index (χ1) is 9.81. The van der Waals surface area contributed by atoms with E-state index in [4.69, 9.17) is 15.1 Å². The number of thiophene rings is 1. The van der Waals surface area contributed by atoms with Crippen LogP contribution in [0.2, 0.25) is 0 Å². The zero-order chi connectivity index (χ0) is 14.2. The lowest BCUT2D eigenvalue weighted by Gasteiger charge is -2.04. The van der Waals surface area contributed by atoms with Crippen molar-refractivity contribution in [2.24, 2.45) is 0 Å². The number of hydrogen-bond donors (Lipinski definition) is 1. The lowest BCUT2D eigenvalue weighted by atomic mass is 10.2. The number of rotatable bonds is 4. The standard InChI is InChI=1S/C16H13NO2S/c17-8-7-13-3-5-15(6-4-13)19-11-16-10-14(12-20-16)2-1-9-18/h3-6,10,12,18H,7,9,11H2. The molecule has 0 fully saturated rings. The zero-order valence-corrected chi connectivity index (χ0v) is 11.6.